The Morgan fingerprint density at radius 2 is 1.94 bits per heavy atom. The molecule has 0 unspecified atom stereocenters. The molecular formula is C11H12N2O4. The Kier molecular flexibility index (Phi) is 4.80. The second-order valence-corrected chi connectivity index (χ2v) is 3.22. The highest BCUT2D eigenvalue weighted by molar-refractivity contribution is 5.94. The monoisotopic (exact) mass is 236 g/mol. The lowest BCUT2D eigenvalue weighted by Crippen LogP contribution is -2.26. The van der Waals surface area contributed by atoms with E-state index in [-0.39, 0.29) is 30.5 Å². The first kappa shape index (κ1) is 12.8. The lowest BCUT2D eigenvalue weighted by Gasteiger charge is -2.04. The fourth-order valence-corrected chi connectivity index (χ4v) is 1.16. The molecule has 0 bridgehead atoms. The summed E-state index contributed by atoms with van der Waals surface area (Å²) in [5.74, 6) is -0.697. The minimum atomic E-state index is -0.384. The zero-order valence-corrected chi connectivity index (χ0v) is 9.30. The van der Waals surface area contributed by atoms with E-state index < -0.39 is 0 Å². The second kappa shape index (κ2) is 6.37. The van der Waals surface area contributed by atoms with Gasteiger partial charge in [-0.25, -0.2) is 0 Å². The predicted molar refractivity (Wildman–Crippen MR) is 60.9 cm³/mol. The van der Waals surface area contributed by atoms with Crippen molar-refractivity contribution in [1.29, 1.82) is 0 Å². The number of carbonyl (C=O) groups is 2. The Hall–Kier alpha value is -2.24. The third kappa shape index (κ3) is 4.02. The van der Waals surface area contributed by atoms with Crippen molar-refractivity contribution in [2.75, 3.05) is 13.7 Å². The van der Waals surface area contributed by atoms with Crippen LogP contribution in [0.1, 0.15) is 16.8 Å². The molecule has 0 radical (unpaired) electrons. The molecule has 1 N–H and O–H groups in total. The molecule has 0 aliphatic carbocycles. The van der Waals surface area contributed by atoms with Gasteiger partial charge in [-0.05, 0) is 29.4 Å². The van der Waals surface area contributed by atoms with Crippen LogP contribution in [0.2, 0.25) is 0 Å². The van der Waals surface area contributed by atoms with Gasteiger partial charge in [0.1, 0.15) is 5.69 Å². The van der Waals surface area contributed by atoms with Crippen LogP contribution in [0.25, 0.3) is 0 Å². The van der Waals surface area contributed by atoms with Crippen molar-refractivity contribution in [3.63, 3.8) is 0 Å². The van der Waals surface area contributed by atoms with Crippen molar-refractivity contribution in [2.45, 2.75) is 6.42 Å². The number of amides is 1. The quantitative estimate of drug-likeness (QED) is 0.618. The van der Waals surface area contributed by atoms with E-state index in [4.69, 9.17) is 0 Å². The summed E-state index contributed by atoms with van der Waals surface area (Å²) in [5.41, 5.74) is 0.665. The highest BCUT2D eigenvalue weighted by atomic mass is 16.5. The summed E-state index contributed by atoms with van der Waals surface area (Å²) in [7, 11) is 1.29. The van der Waals surface area contributed by atoms with Gasteiger partial charge in [0.2, 0.25) is 0 Å². The van der Waals surface area contributed by atoms with Gasteiger partial charge in [0.15, 0.2) is 0 Å². The van der Waals surface area contributed by atoms with Crippen LogP contribution < -0.4 is 5.32 Å². The fraction of sp³-hybridized carbons (Fsp3) is 0.273. The molecule has 0 fully saturated rings. The summed E-state index contributed by atoms with van der Waals surface area (Å²) < 4.78 is 4.43. The molecular weight excluding hydrogens is 224 g/mol. The normalized spacial score (nSPS) is 9.47. The first-order chi connectivity index (χ1) is 8.17. The van der Waals surface area contributed by atoms with Crippen molar-refractivity contribution in [3.05, 3.63) is 34.7 Å². The van der Waals surface area contributed by atoms with Gasteiger partial charge in [0.25, 0.3) is 5.91 Å². The highest BCUT2D eigenvalue weighted by Gasteiger charge is 2.06. The van der Waals surface area contributed by atoms with Gasteiger partial charge in [-0.2, -0.15) is 0 Å². The maximum Gasteiger partial charge on any atom is 0.307 e. The number of methoxy groups -OCH3 is 1. The first-order valence-electron chi connectivity index (χ1n) is 4.96. The average molecular weight is 236 g/mol. The van der Waals surface area contributed by atoms with E-state index in [0.717, 1.165) is 0 Å². The number of esters is 1. The molecule has 17 heavy (non-hydrogen) atoms. The van der Waals surface area contributed by atoms with Gasteiger partial charge < -0.3 is 10.1 Å². The van der Waals surface area contributed by atoms with Crippen LogP contribution in [0.5, 0.6) is 0 Å². The smallest absolute Gasteiger partial charge is 0.307 e. The standard InChI is InChI=1S/C11H12N2O4/c1-17-10(14)6-7-12-11(15)8-2-4-9(13-16)5-3-8/h2-5H,6-7H2,1H3,(H,12,15). The minimum Gasteiger partial charge on any atom is -0.469 e. The van der Waals surface area contributed by atoms with Crippen LogP contribution in [0.15, 0.2) is 29.4 Å². The van der Waals surface area contributed by atoms with Gasteiger partial charge in [0.05, 0.1) is 13.5 Å². The molecule has 6 nitrogen and oxygen atoms in total. The van der Waals surface area contributed by atoms with E-state index in [1.54, 1.807) is 0 Å². The largest absolute Gasteiger partial charge is 0.469 e. The van der Waals surface area contributed by atoms with E-state index >= 15 is 0 Å². The van der Waals surface area contributed by atoms with Crippen molar-refractivity contribution in [2.24, 2.45) is 5.18 Å². The van der Waals surface area contributed by atoms with E-state index in [9.17, 15) is 14.5 Å². The maximum absolute atomic E-state index is 11.5. The number of nitrogens with zero attached hydrogens (tertiary/aromatic N) is 1. The first-order valence-corrected chi connectivity index (χ1v) is 4.96. The summed E-state index contributed by atoms with van der Waals surface area (Å²) in [4.78, 5) is 32.5. The lowest BCUT2D eigenvalue weighted by molar-refractivity contribution is -0.140. The van der Waals surface area contributed by atoms with Gasteiger partial charge >= 0.3 is 5.97 Å². The maximum atomic E-state index is 11.5. The Bertz CT molecular complexity index is 414. The molecule has 1 amide bonds. The van der Waals surface area contributed by atoms with Crippen molar-refractivity contribution < 1.29 is 14.3 Å². The van der Waals surface area contributed by atoms with Crippen molar-refractivity contribution >= 4 is 17.6 Å². The lowest BCUT2D eigenvalue weighted by atomic mass is 10.2. The van der Waals surface area contributed by atoms with Gasteiger partial charge in [-0.1, -0.05) is 0 Å². The third-order valence-electron chi connectivity index (χ3n) is 2.08. The molecule has 1 rings (SSSR count). The summed E-state index contributed by atoms with van der Waals surface area (Å²) in [6.45, 7) is 0.208. The number of ether oxygens (including phenoxy) is 1. The number of rotatable bonds is 5. The molecule has 0 saturated heterocycles. The van der Waals surface area contributed by atoms with Gasteiger partial charge in [-0.15, -0.1) is 4.91 Å². The number of benzene rings is 1. The number of carbonyl (C=O) groups excluding carboxylic acids is 2. The number of hydrogen-bond acceptors (Lipinski definition) is 5. The number of nitrogens with one attached hydrogen (secondary N) is 1. The summed E-state index contributed by atoms with van der Waals surface area (Å²) in [5, 5.41) is 5.28. The van der Waals surface area contributed by atoms with Crippen LogP contribution in [-0.4, -0.2) is 25.5 Å². The SMILES string of the molecule is COC(=O)CCNC(=O)c1ccc(N=O)cc1. The fourth-order valence-electron chi connectivity index (χ4n) is 1.16. The Labute approximate surface area is 97.9 Å². The molecule has 0 atom stereocenters. The molecule has 0 aliphatic rings. The molecule has 0 heterocycles. The molecule has 1 aromatic rings. The highest BCUT2D eigenvalue weighted by Crippen LogP contribution is 2.11. The Morgan fingerprint density at radius 3 is 2.47 bits per heavy atom. The Morgan fingerprint density at radius 1 is 1.29 bits per heavy atom. The van der Waals surface area contributed by atoms with E-state index in [0.29, 0.717) is 5.56 Å². The number of hydrogen-bond donors (Lipinski definition) is 1. The zero-order valence-electron chi connectivity index (χ0n) is 9.30. The average Bonchev–Trinajstić information content (AvgIpc) is 2.38. The molecule has 90 valence electrons. The van der Waals surface area contributed by atoms with Crippen LogP contribution in [0, 0.1) is 4.91 Å². The van der Waals surface area contributed by atoms with Crippen LogP contribution in [0.3, 0.4) is 0 Å². The second-order valence-electron chi connectivity index (χ2n) is 3.22. The molecule has 0 spiro atoms. The zero-order chi connectivity index (χ0) is 12.7. The summed E-state index contributed by atoms with van der Waals surface area (Å²) in [6.07, 6.45) is 0.121. The van der Waals surface area contributed by atoms with Crippen LogP contribution in [-0.2, 0) is 9.53 Å². The topological polar surface area (TPSA) is 84.8 Å². The molecule has 1 aromatic carbocycles. The van der Waals surface area contributed by atoms with Gasteiger partial charge in [0, 0.05) is 12.1 Å². The van der Waals surface area contributed by atoms with Crippen LogP contribution >= 0.6 is 0 Å². The van der Waals surface area contributed by atoms with E-state index in [2.05, 4.69) is 15.2 Å². The van der Waals surface area contributed by atoms with Gasteiger partial charge in [-0.3, -0.25) is 9.59 Å². The third-order valence-corrected chi connectivity index (χ3v) is 2.08. The molecule has 0 aliphatic heterocycles. The van der Waals surface area contributed by atoms with Crippen LogP contribution in [0.4, 0.5) is 5.69 Å². The van der Waals surface area contributed by atoms with E-state index in [1.807, 2.05) is 0 Å². The summed E-state index contributed by atoms with van der Waals surface area (Å²) >= 11 is 0. The minimum absolute atomic E-state index is 0.121. The predicted octanol–water partition coefficient (Wildman–Crippen LogP) is 1.38. The number of nitroso groups, excluding NO2 is 1. The van der Waals surface area contributed by atoms with Crippen molar-refractivity contribution in [3.8, 4) is 0 Å². The molecule has 0 aromatic heterocycles. The molecule has 6 heteroatoms. The summed E-state index contributed by atoms with van der Waals surface area (Å²) in [6, 6.07) is 5.87. The molecule has 0 saturated carbocycles. The van der Waals surface area contributed by atoms with E-state index in [1.165, 1.54) is 31.4 Å². The van der Waals surface area contributed by atoms with Crippen molar-refractivity contribution in [1.82, 2.24) is 5.32 Å². The Balaban J connectivity index is 2.46.